The van der Waals surface area contributed by atoms with Gasteiger partial charge in [0.2, 0.25) is 0 Å². The fraction of sp³-hybridized carbons (Fsp3) is 0.857. The zero-order valence-corrected chi connectivity index (χ0v) is 46.3. The van der Waals surface area contributed by atoms with Crippen LogP contribution in [-0.4, -0.2) is 37.2 Å². The maximum Gasteiger partial charge on any atom is 0.306 e. The van der Waals surface area contributed by atoms with Crippen LogP contribution in [0.5, 0.6) is 0 Å². The van der Waals surface area contributed by atoms with Gasteiger partial charge in [0.05, 0.1) is 0 Å². The molecule has 0 aromatic rings. The van der Waals surface area contributed by atoms with Crippen molar-refractivity contribution in [1.82, 2.24) is 0 Å². The van der Waals surface area contributed by atoms with E-state index in [9.17, 15) is 14.4 Å². The highest BCUT2D eigenvalue weighted by atomic mass is 16.6. The Morgan fingerprint density at radius 2 is 0.522 bits per heavy atom. The van der Waals surface area contributed by atoms with Crippen LogP contribution in [0.2, 0.25) is 0 Å². The quantitative estimate of drug-likeness (QED) is 0.0261. The maximum atomic E-state index is 12.9. The van der Waals surface area contributed by atoms with Gasteiger partial charge in [0.25, 0.3) is 0 Å². The van der Waals surface area contributed by atoms with Gasteiger partial charge >= 0.3 is 17.9 Å². The van der Waals surface area contributed by atoms with Gasteiger partial charge in [0.15, 0.2) is 6.10 Å². The van der Waals surface area contributed by atoms with E-state index in [1.807, 2.05) is 0 Å². The van der Waals surface area contributed by atoms with Crippen LogP contribution in [-0.2, 0) is 28.6 Å². The van der Waals surface area contributed by atoms with E-state index in [0.29, 0.717) is 19.3 Å². The van der Waals surface area contributed by atoms with Gasteiger partial charge in [0.1, 0.15) is 13.2 Å². The number of carbonyl (C=O) groups is 3. The lowest BCUT2D eigenvalue weighted by Crippen LogP contribution is -2.30. The number of hydrogen-bond acceptors (Lipinski definition) is 6. The molecule has 0 aliphatic heterocycles. The molecule has 0 aromatic carbocycles. The first-order chi connectivity index (χ1) is 34.0. The van der Waals surface area contributed by atoms with E-state index in [4.69, 9.17) is 14.2 Å². The minimum atomic E-state index is -0.783. The van der Waals surface area contributed by atoms with Gasteiger partial charge in [-0.15, -0.1) is 0 Å². The zero-order valence-electron chi connectivity index (χ0n) is 46.3. The number of esters is 3. The van der Waals surface area contributed by atoms with Gasteiger partial charge in [-0.25, -0.2) is 0 Å². The van der Waals surface area contributed by atoms with Gasteiger partial charge in [-0.3, -0.25) is 14.4 Å². The first-order valence-corrected chi connectivity index (χ1v) is 30.5. The number of ether oxygens (including phenoxy) is 3. The average molecular weight is 970 g/mol. The fourth-order valence-corrected chi connectivity index (χ4v) is 9.04. The van der Waals surface area contributed by atoms with E-state index < -0.39 is 6.10 Å². The van der Waals surface area contributed by atoms with Crippen molar-refractivity contribution in [1.29, 1.82) is 0 Å². The molecule has 0 saturated carbocycles. The zero-order chi connectivity index (χ0) is 50.0. The van der Waals surface area contributed by atoms with E-state index >= 15 is 0 Å². The van der Waals surface area contributed by atoms with E-state index in [1.165, 1.54) is 218 Å². The van der Waals surface area contributed by atoms with Crippen LogP contribution in [0.1, 0.15) is 329 Å². The molecule has 404 valence electrons. The molecule has 0 saturated heterocycles. The van der Waals surface area contributed by atoms with Crippen LogP contribution < -0.4 is 0 Å². The van der Waals surface area contributed by atoms with Gasteiger partial charge in [-0.2, -0.15) is 0 Å². The summed E-state index contributed by atoms with van der Waals surface area (Å²) in [6.07, 6.45) is 70.0. The van der Waals surface area contributed by atoms with Crippen LogP contribution in [0.4, 0.5) is 0 Å². The second-order valence-electron chi connectivity index (χ2n) is 20.6. The minimum absolute atomic E-state index is 0.0790. The third kappa shape index (κ3) is 56.4. The standard InChI is InChI=1S/C63H116O6/c1-4-7-10-13-16-19-22-25-28-29-30-31-32-33-36-39-42-45-48-51-54-57-63(66)69-60(58-67-61(64)55-52-49-46-43-40-37-34-26-23-20-17-14-11-8-5-2)59-68-62(65)56-53-50-47-44-41-38-35-27-24-21-18-15-12-9-6-3/h17,20,26,34,40,43,60H,4-16,18-19,21-25,27-33,35-39,41-42,44-59H2,1-3H3/b20-17-,34-26-,43-40-/t60-/m1/s1. The minimum Gasteiger partial charge on any atom is -0.462 e. The SMILES string of the molecule is CCCCC/C=C\C/C=C\C/C=C\CCCCC(=O)OC[C@H](COC(=O)CCCCCCCCCCCCCCCCC)OC(=O)CCCCCCCCCCCCCCCCCCCCCCC. The first-order valence-electron chi connectivity index (χ1n) is 30.5. The second-order valence-corrected chi connectivity index (χ2v) is 20.6. The Morgan fingerprint density at radius 1 is 0.290 bits per heavy atom. The third-order valence-corrected chi connectivity index (χ3v) is 13.6. The Labute approximate surface area is 429 Å². The largest absolute Gasteiger partial charge is 0.462 e. The molecule has 0 spiro atoms. The summed E-state index contributed by atoms with van der Waals surface area (Å²) in [4.78, 5) is 38.2. The molecular formula is C63H116O6. The second kappa shape index (κ2) is 58.2. The number of hydrogen-bond donors (Lipinski definition) is 0. The van der Waals surface area contributed by atoms with Crippen molar-refractivity contribution >= 4 is 17.9 Å². The highest BCUT2D eigenvalue weighted by molar-refractivity contribution is 5.71. The average Bonchev–Trinajstić information content (AvgIpc) is 3.35. The molecule has 0 aromatic heterocycles. The third-order valence-electron chi connectivity index (χ3n) is 13.6. The topological polar surface area (TPSA) is 78.9 Å². The molecule has 0 heterocycles. The van der Waals surface area contributed by atoms with Gasteiger partial charge < -0.3 is 14.2 Å². The molecule has 0 aliphatic rings. The fourth-order valence-electron chi connectivity index (χ4n) is 9.04. The monoisotopic (exact) mass is 969 g/mol. The Bertz CT molecular complexity index is 1160. The molecule has 6 nitrogen and oxygen atoms in total. The molecule has 6 heteroatoms. The molecular weight excluding hydrogens is 853 g/mol. The van der Waals surface area contributed by atoms with Crippen molar-refractivity contribution in [3.05, 3.63) is 36.5 Å². The lowest BCUT2D eigenvalue weighted by atomic mass is 10.0. The summed E-state index contributed by atoms with van der Waals surface area (Å²) in [5.74, 6) is -0.897. The van der Waals surface area contributed by atoms with Crippen molar-refractivity contribution in [3.8, 4) is 0 Å². The molecule has 0 rings (SSSR count). The number of rotatable bonds is 56. The van der Waals surface area contributed by atoms with Gasteiger partial charge in [-0.05, 0) is 57.8 Å². The molecule has 69 heavy (non-hydrogen) atoms. The predicted octanol–water partition coefficient (Wildman–Crippen LogP) is 20.4. The highest BCUT2D eigenvalue weighted by Gasteiger charge is 2.19. The lowest BCUT2D eigenvalue weighted by Gasteiger charge is -2.18. The first kappa shape index (κ1) is 66.6. The normalized spacial score (nSPS) is 12.2. The Morgan fingerprint density at radius 3 is 0.841 bits per heavy atom. The van der Waals surface area contributed by atoms with E-state index in [1.54, 1.807) is 0 Å². The van der Waals surface area contributed by atoms with Crippen LogP contribution in [0, 0.1) is 0 Å². The maximum absolute atomic E-state index is 12.9. The summed E-state index contributed by atoms with van der Waals surface area (Å²) in [5.41, 5.74) is 0. The predicted molar refractivity (Wildman–Crippen MR) is 298 cm³/mol. The molecule has 0 bridgehead atoms. The molecule has 1 atom stereocenters. The summed E-state index contributed by atoms with van der Waals surface area (Å²) in [5, 5.41) is 0. The van der Waals surface area contributed by atoms with Crippen molar-refractivity contribution in [3.63, 3.8) is 0 Å². The van der Waals surface area contributed by atoms with E-state index in [0.717, 1.165) is 70.6 Å². The summed E-state index contributed by atoms with van der Waals surface area (Å²) < 4.78 is 16.9. The van der Waals surface area contributed by atoms with Crippen molar-refractivity contribution in [2.75, 3.05) is 13.2 Å². The Balaban J connectivity index is 4.34. The number of unbranched alkanes of at least 4 members (excludes halogenated alkanes) is 39. The number of carbonyl (C=O) groups excluding carboxylic acids is 3. The highest BCUT2D eigenvalue weighted by Crippen LogP contribution is 2.17. The van der Waals surface area contributed by atoms with Crippen LogP contribution >= 0.6 is 0 Å². The molecule has 0 unspecified atom stereocenters. The summed E-state index contributed by atoms with van der Waals surface area (Å²) >= 11 is 0. The Hall–Kier alpha value is -2.37. The summed E-state index contributed by atoms with van der Waals surface area (Å²) in [6.45, 7) is 6.63. The van der Waals surface area contributed by atoms with Crippen LogP contribution in [0.3, 0.4) is 0 Å². The molecule has 0 fully saturated rings. The molecule has 0 aliphatic carbocycles. The van der Waals surface area contributed by atoms with Gasteiger partial charge in [0, 0.05) is 19.3 Å². The van der Waals surface area contributed by atoms with Crippen molar-refractivity contribution in [2.45, 2.75) is 335 Å². The van der Waals surface area contributed by atoms with E-state index in [2.05, 4.69) is 57.2 Å². The lowest BCUT2D eigenvalue weighted by molar-refractivity contribution is -0.167. The summed E-state index contributed by atoms with van der Waals surface area (Å²) in [6, 6.07) is 0. The van der Waals surface area contributed by atoms with Crippen molar-refractivity contribution in [2.24, 2.45) is 0 Å². The smallest absolute Gasteiger partial charge is 0.306 e. The molecule has 0 amide bonds. The Kier molecular flexibility index (Phi) is 56.2. The van der Waals surface area contributed by atoms with E-state index in [-0.39, 0.29) is 31.1 Å². The number of allylic oxidation sites excluding steroid dienone is 6. The van der Waals surface area contributed by atoms with Gasteiger partial charge in [-0.1, -0.05) is 288 Å². The van der Waals surface area contributed by atoms with Crippen molar-refractivity contribution < 1.29 is 28.6 Å². The molecule has 0 radical (unpaired) electrons. The molecule has 0 N–H and O–H groups in total. The van der Waals surface area contributed by atoms with Crippen LogP contribution in [0.25, 0.3) is 0 Å². The summed E-state index contributed by atoms with van der Waals surface area (Å²) in [7, 11) is 0. The van der Waals surface area contributed by atoms with Crippen LogP contribution in [0.15, 0.2) is 36.5 Å².